The molecule has 0 saturated carbocycles. The van der Waals surface area contributed by atoms with Crippen LogP contribution in [0, 0.1) is 11.3 Å². The van der Waals surface area contributed by atoms with E-state index >= 15 is 0 Å². The van der Waals surface area contributed by atoms with Crippen molar-refractivity contribution in [3.63, 3.8) is 0 Å². The van der Waals surface area contributed by atoms with E-state index in [4.69, 9.17) is 5.26 Å². The van der Waals surface area contributed by atoms with Gasteiger partial charge in [-0.2, -0.15) is 5.26 Å². The van der Waals surface area contributed by atoms with Gasteiger partial charge in [-0.15, -0.1) is 6.58 Å². The van der Waals surface area contributed by atoms with Crippen LogP contribution in [-0.2, 0) is 0 Å². The fraction of sp³-hybridized carbons (Fsp3) is 0.0714. The molecular formula is C14H17N. The molecule has 1 aromatic rings. The van der Waals surface area contributed by atoms with Crippen molar-refractivity contribution in [3.8, 4) is 6.07 Å². The number of nitriles is 1. The Morgan fingerprint density at radius 3 is 1.73 bits per heavy atom. The maximum atomic E-state index is 7.51. The zero-order valence-corrected chi connectivity index (χ0v) is 9.19. The third-order valence-corrected chi connectivity index (χ3v) is 1.13. The summed E-state index contributed by atoms with van der Waals surface area (Å²) in [5.41, 5.74) is 1.17. The molecule has 0 fully saturated rings. The van der Waals surface area contributed by atoms with E-state index < -0.39 is 0 Å². The van der Waals surface area contributed by atoms with Crippen molar-refractivity contribution in [1.29, 1.82) is 5.26 Å². The summed E-state index contributed by atoms with van der Waals surface area (Å²) in [5, 5.41) is 7.51. The van der Waals surface area contributed by atoms with Crippen molar-refractivity contribution in [2.45, 2.75) is 6.92 Å². The lowest BCUT2D eigenvalue weighted by Crippen LogP contribution is -1.63. The van der Waals surface area contributed by atoms with E-state index in [1.165, 1.54) is 11.6 Å². The molecule has 0 aliphatic rings. The number of hydrogen-bond acceptors (Lipinski definition) is 1. The number of nitrogens with zero attached hydrogens (tertiary/aromatic N) is 1. The minimum absolute atomic E-state index is 1.17. The summed E-state index contributed by atoms with van der Waals surface area (Å²) >= 11 is 0. The van der Waals surface area contributed by atoms with Gasteiger partial charge in [-0.1, -0.05) is 55.6 Å². The van der Waals surface area contributed by atoms with Gasteiger partial charge in [-0.05, 0) is 12.5 Å². The molecule has 0 amide bonds. The van der Waals surface area contributed by atoms with Gasteiger partial charge in [-0.3, -0.25) is 0 Å². The Kier molecular flexibility index (Phi) is 14.8. The Morgan fingerprint density at radius 1 is 1.13 bits per heavy atom. The molecule has 1 aromatic carbocycles. The number of rotatable bonds is 1. The molecule has 0 bridgehead atoms. The lowest BCUT2D eigenvalue weighted by atomic mass is 10.2. The van der Waals surface area contributed by atoms with Gasteiger partial charge in [0.1, 0.15) is 0 Å². The van der Waals surface area contributed by atoms with Crippen molar-refractivity contribution in [3.05, 3.63) is 67.8 Å². The molecule has 0 spiro atoms. The van der Waals surface area contributed by atoms with Crippen molar-refractivity contribution in [2.24, 2.45) is 0 Å². The number of hydrogen-bond donors (Lipinski definition) is 0. The lowest BCUT2D eigenvalue weighted by Gasteiger charge is -1.85. The zero-order valence-electron chi connectivity index (χ0n) is 9.19. The molecule has 0 saturated heterocycles. The molecule has 1 heteroatoms. The first-order valence-corrected chi connectivity index (χ1v) is 4.51. The molecule has 1 nitrogen and oxygen atoms in total. The van der Waals surface area contributed by atoms with Gasteiger partial charge < -0.3 is 0 Å². The standard InChI is InChI=1S/C8H8.C3H3N.C3H6/c1-2-8-6-4-3-5-7-8;1-2-3-4;1-3-2/h2-7H,1H2;2H,1H2;3H,1H2,2H3. The second-order valence-corrected chi connectivity index (χ2v) is 2.36. The lowest BCUT2D eigenvalue weighted by molar-refractivity contribution is 1.54. The molecule has 15 heavy (non-hydrogen) atoms. The zero-order chi connectivity index (χ0) is 11.9. The summed E-state index contributed by atoms with van der Waals surface area (Å²) < 4.78 is 0. The third kappa shape index (κ3) is 14.8. The second-order valence-electron chi connectivity index (χ2n) is 2.36. The Balaban J connectivity index is 0. The van der Waals surface area contributed by atoms with Crippen LogP contribution >= 0.6 is 0 Å². The van der Waals surface area contributed by atoms with E-state index in [1.54, 1.807) is 12.1 Å². The summed E-state index contributed by atoms with van der Waals surface area (Å²) in [5.74, 6) is 0. The Hall–Kier alpha value is -2.07. The predicted molar refractivity (Wildman–Crippen MR) is 68.2 cm³/mol. The molecule has 0 heterocycles. The van der Waals surface area contributed by atoms with E-state index in [-0.39, 0.29) is 0 Å². The van der Waals surface area contributed by atoms with Crippen LogP contribution in [0.5, 0.6) is 0 Å². The maximum absolute atomic E-state index is 7.51. The molecule has 0 aromatic heterocycles. The molecular weight excluding hydrogens is 182 g/mol. The van der Waals surface area contributed by atoms with Crippen LogP contribution in [0.25, 0.3) is 6.08 Å². The van der Waals surface area contributed by atoms with E-state index in [9.17, 15) is 0 Å². The monoisotopic (exact) mass is 199 g/mol. The van der Waals surface area contributed by atoms with Gasteiger partial charge in [-0.25, -0.2) is 0 Å². The average molecular weight is 199 g/mol. The van der Waals surface area contributed by atoms with Crippen molar-refractivity contribution in [2.75, 3.05) is 0 Å². The van der Waals surface area contributed by atoms with E-state index in [1.807, 2.05) is 43.3 Å². The average Bonchev–Trinajstić information content (AvgIpc) is 2.31. The molecule has 0 atom stereocenters. The first kappa shape index (κ1) is 15.4. The Morgan fingerprint density at radius 2 is 1.53 bits per heavy atom. The van der Waals surface area contributed by atoms with Crippen LogP contribution in [0.3, 0.4) is 0 Å². The third-order valence-electron chi connectivity index (χ3n) is 1.13. The van der Waals surface area contributed by atoms with Crippen molar-refractivity contribution in [1.82, 2.24) is 0 Å². The van der Waals surface area contributed by atoms with Crippen LogP contribution in [0.4, 0.5) is 0 Å². The SMILES string of the molecule is C=CC.C=CC#N.C=Cc1ccccc1. The summed E-state index contributed by atoms with van der Waals surface area (Å²) in [6.07, 6.45) is 4.76. The quantitative estimate of drug-likeness (QED) is 0.490. The van der Waals surface area contributed by atoms with E-state index in [0.717, 1.165) is 0 Å². The first-order valence-electron chi connectivity index (χ1n) is 4.51. The highest BCUT2D eigenvalue weighted by atomic mass is 14.2. The summed E-state index contributed by atoms with van der Waals surface area (Å²) in [7, 11) is 0. The largest absolute Gasteiger partial charge is 0.193 e. The van der Waals surface area contributed by atoms with Gasteiger partial charge in [0.15, 0.2) is 0 Å². The molecule has 0 radical (unpaired) electrons. The van der Waals surface area contributed by atoms with Crippen LogP contribution in [0.1, 0.15) is 12.5 Å². The number of allylic oxidation sites excluding steroid dienone is 2. The Bertz CT molecular complexity index is 304. The van der Waals surface area contributed by atoms with Crippen LogP contribution < -0.4 is 0 Å². The number of benzene rings is 1. The van der Waals surface area contributed by atoms with Crippen molar-refractivity contribution < 1.29 is 0 Å². The predicted octanol–water partition coefficient (Wildman–Crippen LogP) is 4.22. The highest BCUT2D eigenvalue weighted by molar-refractivity contribution is 5.45. The maximum Gasteiger partial charge on any atom is 0.0905 e. The summed E-state index contributed by atoms with van der Waals surface area (Å²) in [4.78, 5) is 0. The van der Waals surface area contributed by atoms with Crippen LogP contribution in [0.2, 0.25) is 0 Å². The fourth-order valence-corrected chi connectivity index (χ4v) is 0.589. The minimum Gasteiger partial charge on any atom is -0.193 e. The first-order chi connectivity index (χ1) is 7.26. The van der Waals surface area contributed by atoms with E-state index in [2.05, 4.69) is 19.7 Å². The molecule has 78 valence electrons. The smallest absolute Gasteiger partial charge is 0.0905 e. The van der Waals surface area contributed by atoms with Gasteiger partial charge >= 0.3 is 0 Å². The molecule has 0 aliphatic heterocycles. The highest BCUT2D eigenvalue weighted by Crippen LogP contribution is 1.97. The molecule has 0 N–H and O–H groups in total. The van der Waals surface area contributed by atoms with Crippen molar-refractivity contribution >= 4 is 6.08 Å². The topological polar surface area (TPSA) is 23.8 Å². The van der Waals surface area contributed by atoms with Gasteiger partial charge in [0.2, 0.25) is 0 Å². The van der Waals surface area contributed by atoms with Crippen LogP contribution in [-0.4, -0.2) is 0 Å². The normalized spacial score (nSPS) is 6.40. The Labute approximate surface area is 92.7 Å². The molecule has 1 rings (SSSR count). The van der Waals surface area contributed by atoms with Gasteiger partial charge in [0, 0.05) is 6.08 Å². The minimum atomic E-state index is 1.17. The summed E-state index contributed by atoms with van der Waals surface area (Å²) in [6, 6.07) is 11.7. The van der Waals surface area contributed by atoms with Gasteiger partial charge in [0.25, 0.3) is 0 Å². The second kappa shape index (κ2) is 14.5. The summed E-state index contributed by atoms with van der Waals surface area (Å²) in [6.45, 7) is 12.0. The highest BCUT2D eigenvalue weighted by Gasteiger charge is 1.75. The van der Waals surface area contributed by atoms with Crippen LogP contribution in [0.15, 0.2) is 62.2 Å². The van der Waals surface area contributed by atoms with E-state index in [0.29, 0.717) is 0 Å². The molecule has 0 aliphatic carbocycles. The fourth-order valence-electron chi connectivity index (χ4n) is 0.589. The van der Waals surface area contributed by atoms with Gasteiger partial charge in [0.05, 0.1) is 6.07 Å². The molecule has 0 unspecified atom stereocenters.